The highest BCUT2D eigenvalue weighted by atomic mass is 19.4. The molecule has 23 heavy (non-hydrogen) atoms. The van der Waals surface area contributed by atoms with E-state index in [0.29, 0.717) is 6.04 Å². The van der Waals surface area contributed by atoms with E-state index < -0.39 is 12.8 Å². The van der Waals surface area contributed by atoms with Gasteiger partial charge in [-0.2, -0.15) is 13.2 Å². The number of rotatable bonds is 5. The average Bonchev–Trinajstić information content (AvgIpc) is 2.98. The molecule has 2 aliphatic heterocycles. The minimum Gasteiger partial charge on any atom is -0.368 e. The molecule has 0 amide bonds. The number of nitrogens with zero attached hydrogens (tertiary/aromatic N) is 1. The normalized spacial score (nSPS) is 36.1. The van der Waals surface area contributed by atoms with Crippen molar-refractivity contribution in [3.63, 3.8) is 0 Å². The number of halogens is 3. The third kappa shape index (κ3) is 5.07. The van der Waals surface area contributed by atoms with E-state index in [1.165, 1.54) is 32.4 Å². The molecule has 134 valence electrons. The third-order valence-electron chi connectivity index (χ3n) is 5.79. The van der Waals surface area contributed by atoms with E-state index in [1.54, 1.807) is 0 Å². The molecule has 0 spiro atoms. The Kier molecular flexibility index (Phi) is 5.86. The summed E-state index contributed by atoms with van der Waals surface area (Å²) in [7, 11) is 0. The van der Waals surface area contributed by atoms with E-state index in [4.69, 9.17) is 4.74 Å². The summed E-state index contributed by atoms with van der Waals surface area (Å²) >= 11 is 0. The van der Waals surface area contributed by atoms with Gasteiger partial charge >= 0.3 is 6.18 Å². The van der Waals surface area contributed by atoms with Gasteiger partial charge in [-0.05, 0) is 57.5 Å². The summed E-state index contributed by atoms with van der Waals surface area (Å²) in [5, 5.41) is 3.64. The first-order chi connectivity index (χ1) is 11.0. The van der Waals surface area contributed by atoms with Gasteiger partial charge in [-0.3, -0.25) is 0 Å². The summed E-state index contributed by atoms with van der Waals surface area (Å²) < 4.78 is 42.4. The van der Waals surface area contributed by atoms with E-state index in [-0.39, 0.29) is 12.0 Å². The Bertz CT molecular complexity index is 377. The van der Waals surface area contributed by atoms with Gasteiger partial charge < -0.3 is 15.0 Å². The lowest BCUT2D eigenvalue weighted by molar-refractivity contribution is -0.193. The van der Waals surface area contributed by atoms with Crippen LogP contribution in [-0.2, 0) is 4.74 Å². The molecule has 1 N–H and O–H groups in total. The lowest BCUT2D eigenvalue weighted by Crippen LogP contribution is -2.48. The Labute approximate surface area is 136 Å². The zero-order chi connectivity index (χ0) is 16.3. The first-order valence-corrected chi connectivity index (χ1v) is 9.17. The topological polar surface area (TPSA) is 24.5 Å². The maximum Gasteiger partial charge on any atom is 0.411 e. The zero-order valence-electron chi connectivity index (χ0n) is 13.8. The van der Waals surface area contributed by atoms with Crippen LogP contribution in [0.5, 0.6) is 0 Å². The van der Waals surface area contributed by atoms with Gasteiger partial charge in [0.15, 0.2) is 0 Å². The number of hydrogen-bond acceptors (Lipinski definition) is 3. The van der Waals surface area contributed by atoms with Crippen LogP contribution in [0.2, 0.25) is 0 Å². The number of alkyl halides is 3. The number of fused-ring (bicyclic) bond motifs is 1. The van der Waals surface area contributed by atoms with Crippen LogP contribution in [0, 0.1) is 5.92 Å². The molecule has 3 rings (SSSR count). The Morgan fingerprint density at radius 1 is 1.00 bits per heavy atom. The quantitative estimate of drug-likeness (QED) is 0.834. The molecule has 1 saturated carbocycles. The molecular weight excluding hydrogens is 305 g/mol. The van der Waals surface area contributed by atoms with Gasteiger partial charge in [0, 0.05) is 18.6 Å². The van der Waals surface area contributed by atoms with Crippen molar-refractivity contribution in [2.75, 3.05) is 26.2 Å². The van der Waals surface area contributed by atoms with E-state index in [1.807, 2.05) is 0 Å². The highest BCUT2D eigenvalue weighted by molar-refractivity contribution is 4.90. The van der Waals surface area contributed by atoms with E-state index in [0.717, 1.165) is 44.7 Å². The Balaban J connectivity index is 1.43. The van der Waals surface area contributed by atoms with Gasteiger partial charge in [0.25, 0.3) is 0 Å². The molecule has 0 unspecified atom stereocenters. The molecule has 0 aromatic heterocycles. The number of hydrogen-bond donors (Lipinski definition) is 1. The lowest BCUT2D eigenvalue weighted by atomic mass is 9.85. The maximum absolute atomic E-state index is 12.4. The summed E-state index contributed by atoms with van der Waals surface area (Å²) in [6, 6.07) is 1.25. The average molecular weight is 334 g/mol. The van der Waals surface area contributed by atoms with Crippen molar-refractivity contribution in [1.82, 2.24) is 10.2 Å². The SMILES string of the molecule is FC(F)(F)CO[C@@H]1CCCC[C@@H]1CN[C@@H]1CCN2CCC[C@@H]2C1. The second kappa shape index (κ2) is 7.70. The molecule has 3 nitrogen and oxygen atoms in total. The van der Waals surface area contributed by atoms with Crippen LogP contribution in [0.3, 0.4) is 0 Å². The maximum atomic E-state index is 12.4. The molecule has 3 aliphatic rings. The first kappa shape index (κ1) is 17.5. The van der Waals surface area contributed by atoms with Crippen LogP contribution >= 0.6 is 0 Å². The molecule has 4 atom stereocenters. The summed E-state index contributed by atoms with van der Waals surface area (Å²) in [5.41, 5.74) is 0. The van der Waals surface area contributed by atoms with Crippen LogP contribution in [-0.4, -0.2) is 55.5 Å². The molecule has 0 aromatic carbocycles. The van der Waals surface area contributed by atoms with Crippen LogP contribution < -0.4 is 5.32 Å². The van der Waals surface area contributed by atoms with Gasteiger partial charge in [0.2, 0.25) is 0 Å². The Morgan fingerprint density at radius 3 is 2.65 bits per heavy atom. The van der Waals surface area contributed by atoms with Crippen molar-refractivity contribution >= 4 is 0 Å². The monoisotopic (exact) mass is 334 g/mol. The minimum atomic E-state index is -4.22. The predicted molar refractivity (Wildman–Crippen MR) is 83.4 cm³/mol. The summed E-state index contributed by atoms with van der Waals surface area (Å²) in [6.45, 7) is 2.11. The second-order valence-corrected chi connectivity index (χ2v) is 7.47. The minimum absolute atomic E-state index is 0.229. The van der Waals surface area contributed by atoms with Gasteiger partial charge in [0.05, 0.1) is 6.10 Å². The highest BCUT2D eigenvalue weighted by Gasteiger charge is 2.34. The van der Waals surface area contributed by atoms with Crippen LogP contribution in [0.4, 0.5) is 13.2 Å². The fourth-order valence-corrected chi connectivity index (χ4v) is 4.56. The predicted octanol–water partition coefficient (Wildman–Crippen LogP) is 3.34. The van der Waals surface area contributed by atoms with Crippen molar-refractivity contribution in [2.45, 2.75) is 75.7 Å². The Morgan fingerprint density at radius 2 is 1.83 bits per heavy atom. The van der Waals surface area contributed by atoms with Gasteiger partial charge in [-0.25, -0.2) is 0 Å². The highest BCUT2D eigenvalue weighted by Crippen LogP contribution is 2.30. The second-order valence-electron chi connectivity index (χ2n) is 7.47. The number of piperidine rings is 1. The van der Waals surface area contributed by atoms with E-state index in [9.17, 15) is 13.2 Å². The van der Waals surface area contributed by atoms with Crippen molar-refractivity contribution in [3.8, 4) is 0 Å². The summed E-state index contributed by atoms with van der Waals surface area (Å²) in [6.07, 6.45) is 4.37. The molecule has 3 fully saturated rings. The largest absolute Gasteiger partial charge is 0.411 e. The zero-order valence-corrected chi connectivity index (χ0v) is 13.8. The first-order valence-electron chi connectivity index (χ1n) is 9.17. The molecule has 1 aliphatic carbocycles. The van der Waals surface area contributed by atoms with Gasteiger partial charge in [0.1, 0.15) is 6.61 Å². The molecule has 0 bridgehead atoms. The smallest absolute Gasteiger partial charge is 0.368 e. The van der Waals surface area contributed by atoms with Crippen molar-refractivity contribution in [3.05, 3.63) is 0 Å². The van der Waals surface area contributed by atoms with Gasteiger partial charge in [-0.1, -0.05) is 12.8 Å². The molecule has 6 heteroatoms. The third-order valence-corrected chi connectivity index (χ3v) is 5.79. The van der Waals surface area contributed by atoms with Crippen LogP contribution in [0.25, 0.3) is 0 Å². The molecule has 0 aromatic rings. The standard InChI is InChI=1S/C17H29F3N2O/c18-17(19,20)12-23-16-6-2-1-4-13(16)11-21-14-7-9-22-8-3-5-15(22)10-14/h13-16,21H,1-12H2/t13-,14-,15-,16-/m1/s1. The van der Waals surface area contributed by atoms with Crippen LogP contribution in [0.1, 0.15) is 51.4 Å². The number of ether oxygens (including phenoxy) is 1. The van der Waals surface area contributed by atoms with Gasteiger partial charge in [-0.15, -0.1) is 0 Å². The van der Waals surface area contributed by atoms with Crippen molar-refractivity contribution < 1.29 is 17.9 Å². The Hall–Kier alpha value is -0.330. The summed E-state index contributed by atoms with van der Waals surface area (Å²) in [4.78, 5) is 2.59. The fraction of sp³-hybridized carbons (Fsp3) is 1.00. The number of nitrogens with one attached hydrogen (secondary N) is 1. The van der Waals surface area contributed by atoms with E-state index >= 15 is 0 Å². The van der Waals surface area contributed by atoms with Crippen molar-refractivity contribution in [2.24, 2.45) is 5.92 Å². The van der Waals surface area contributed by atoms with Crippen LogP contribution in [0.15, 0.2) is 0 Å². The molecule has 2 heterocycles. The van der Waals surface area contributed by atoms with E-state index in [2.05, 4.69) is 10.2 Å². The molecule has 2 saturated heterocycles. The van der Waals surface area contributed by atoms with Crippen molar-refractivity contribution in [1.29, 1.82) is 0 Å². The molecule has 0 radical (unpaired) electrons. The fourth-order valence-electron chi connectivity index (χ4n) is 4.56. The summed E-state index contributed by atoms with van der Waals surface area (Å²) in [5.74, 6) is 0.229. The molecular formula is C17H29F3N2O. The lowest BCUT2D eigenvalue weighted by Gasteiger charge is -2.37.